The van der Waals surface area contributed by atoms with Crippen LogP contribution in [0.4, 0.5) is 5.69 Å². The van der Waals surface area contributed by atoms with E-state index < -0.39 is 0 Å². The van der Waals surface area contributed by atoms with Gasteiger partial charge in [0.15, 0.2) is 0 Å². The molecule has 0 fully saturated rings. The van der Waals surface area contributed by atoms with Gasteiger partial charge in [0.05, 0.1) is 4.92 Å². The lowest BCUT2D eigenvalue weighted by Gasteiger charge is -2.07. The van der Waals surface area contributed by atoms with Crippen molar-refractivity contribution in [3.05, 3.63) is 39.4 Å². The smallest absolute Gasteiger partial charge is 0.277 e. The van der Waals surface area contributed by atoms with Crippen LogP contribution in [0.15, 0.2) is 18.2 Å². The van der Waals surface area contributed by atoms with Gasteiger partial charge in [0.2, 0.25) is 0 Å². The van der Waals surface area contributed by atoms with Crippen molar-refractivity contribution in [3.63, 3.8) is 0 Å². The average Bonchev–Trinajstić information content (AvgIpc) is 2.02. The third-order valence-corrected chi connectivity index (χ3v) is 1.94. The van der Waals surface area contributed by atoms with Gasteiger partial charge in [-0.3, -0.25) is 10.1 Å². The number of nitrogens with zero attached hydrogens (tertiary/aromatic N) is 1. The van der Waals surface area contributed by atoms with E-state index in [4.69, 9.17) is 5.73 Å². The summed E-state index contributed by atoms with van der Waals surface area (Å²) < 4.78 is 0. The molecule has 1 aromatic rings. The minimum Gasteiger partial charge on any atom is -0.324 e. The molecule has 4 heteroatoms. The number of benzene rings is 1. The monoisotopic (exact) mass is 180 g/mol. The first-order valence-electron chi connectivity index (χ1n) is 4.03. The molecule has 1 aromatic carbocycles. The van der Waals surface area contributed by atoms with E-state index in [1.165, 1.54) is 0 Å². The summed E-state index contributed by atoms with van der Waals surface area (Å²) in [5, 5.41) is 10.7. The number of aryl methyl sites for hydroxylation is 1. The highest BCUT2D eigenvalue weighted by molar-refractivity contribution is 5.48. The largest absolute Gasteiger partial charge is 0.324 e. The van der Waals surface area contributed by atoms with Crippen molar-refractivity contribution in [1.29, 1.82) is 0 Å². The molecule has 0 aliphatic heterocycles. The highest BCUT2D eigenvalue weighted by Gasteiger charge is 2.18. The first-order chi connectivity index (χ1) is 6.04. The van der Waals surface area contributed by atoms with Crippen molar-refractivity contribution in [1.82, 2.24) is 0 Å². The molecule has 0 radical (unpaired) electrons. The zero-order chi connectivity index (χ0) is 10.0. The molecule has 70 valence electrons. The first-order valence-corrected chi connectivity index (χ1v) is 4.03. The number of hydrogen-bond acceptors (Lipinski definition) is 3. The number of hydrogen-bond donors (Lipinski definition) is 1. The molecule has 1 unspecified atom stereocenters. The fourth-order valence-corrected chi connectivity index (χ4v) is 1.30. The van der Waals surface area contributed by atoms with E-state index in [1.807, 2.05) is 0 Å². The molecule has 0 saturated carbocycles. The van der Waals surface area contributed by atoms with Gasteiger partial charge in [-0.1, -0.05) is 18.2 Å². The Morgan fingerprint density at radius 1 is 1.54 bits per heavy atom. The van der Waals surface area contributed by atoms with Crippen molar-refractivity contribution in [2.75, 3.05) is 0 Å². The van der Waals surface area contributed by atoms with Crippen LogP contribution in [0.1, 0.15) is 24.1 Å². The number of para-hydroxylation sites is 1. The molecular formula is C9H12N2O2. The summed E-state index contributed by atoms with van der Waals surface area (Å²) in [6, 6.07) is 4.88. The second-order valence-electron chi connectivity index (χ2n) is 3.06. The van der Waals surface area contributed by atoms with E-state index in [-0.39, 0.29) is 16.7 Å². The maximum atomic E-state index is 10.7. The molecule has 2 N–H and O–H groups in total. The van der Waals surface area contributed by atoms with Crippen molar-refractivity contribution in [3.8, 4) is 0 Å². The van der Waals surface area contributed by atoms with Crippen molar-refractivity contribution in [2.24, 2.45) is 5.73 Å². The van der Waals surface area contributed by atoms with Crippen molar-refractivity contribution in [2.45, 2.75) is 19.9 Å². The second-order valence-corrected chi connectivity index (χ2v) is 3.06. The normalized spacial score (nSPS) is 12.5. The molecule has 0 aliphatic carbocycles. The molecule has 0 heterocycles. The summed E-state index contributed by atoms with van der Waals surface area (Å²) in [7, 11) is 0. The summed E-state index contributed by atoms with van der Waals surface area (Å²) in [5.74, 6) is 0. The van der Waals surface area contributed by atoms with Gasteiger partial charge in [-0.25, -0.2) is 0 Å². The third kappa shape index (κ3) is 1.84. The lowest BCUT2D eigenvalue weighted by atomic mass is 10.0. The quantitative estimate of drug-likeness (QED) is 0.558. The predicted molar refractivity (Wildman–Crippen MR) is 50.4 cm³/mol. The second kappa shape index (κ2) is 3.53. The van der Waals surface area contributed by atoms with Gasteiger partial charge in [0.25, 0.3) is 5.69 Å². The topological polar surface area (TPSA) is 69.2 Å². The Bertz CT molecular complexity index is 334. The number of nitrogens with two attached hydrogens (primary N) is 1. The van der Waals surface area contributed by atoms with Crippen LogP contribution in [-0.2, 0) is 0 Å². The summed E-state index contributed by atoms with van der Waals surface area (Å²) in [4.78, 5) is 10.3. The van der Waals surface area contributed by atoms with Crippen LogP contribution in [-0.4, -0.2) is 4.92 Å². The summed E-state index contributed by atoms with van der Waals surface area (Å²) in [6.07, 6.45) is 0. The zero-order valence-electron chi connectivity index (χ0n) is 7.65. The Hall–Kier alpha value is -1.42. The number of nitro groups is 1. The average molecular weight is 180 g/mol. The Morgan fingerprint density at radius 2 is 2.15 bits per heavy atom. The third-order valence-electron chi connectivity index (χ3n) is 1.94. The molecule has 4 nitrogen and oxygen atoms in total. The van der Waals surface area contributed by atoms with E-state index in [9.17, 15) is 10.1 Å². The SMILES string of the molecule is Cc1cccc(C(C)N)c1[N+](=O)[O-]. The Kier molecular flexibility index (Phi) is 2.63. The Labute approximate surface area is 76.5 Å². The number of rotatable bonds is 2. The first kappa shape index (κ1) is 9.67. The lowest BCUT2D eigenvalue weighted by molar-refractivity contribution is -0.386. The van der Waals surface area contributed by atoms with Crippen molar-refractivity contribution >= 4 is 5.69 Å². The molecule has 0 amide bonds. The summed E-state index contributed by atoms with van der Waals surface area (Å²) in [6.45, 7) is 3.45. The molecule has 0 aromatic heterocycles. The molecule has 0 aliphatic rings. The van der Waals surface area contributed by atoms with Crippen LogP contribution in [0.3, 0.4) is 0 Å². The van der Waals surface area contributed by atoms with Gasteiger partial charge in [-0.15, -0.1) is 0 Å². The zero-order valence-corrected chi connectivity index (χ0v) is 7.65. The van der Waals surface area contributed by atoms with Crippen LogP contribution in [0, 0.1) is 17.0 Å². The molecule has 0 bridgehead atoms. The van der Waals surface area contributed by atoms with E-state index >= 15 is 0 Å². The molecule has 0 spiro atoms. The van der Waals surface area contributed by atoms with E-state index in [2.05, 4.69) is 0 Å². The van der Waals surface area contributed by atoms with Gasteiger partial charge in [0.1, 0.15) is 0 Å². The maximum Gasteiger partial charge on any atom is 0.277 e. The minimum atomic E-state index is -0.381. The van der Waals surface area contributed by atoms with Gasteiger partial charge >= 0.3 is 0 Å². The van der Waals surface area contributed by atoms with E-state index in [1.54, 1.807) is 32.0 Å². The van der Waals surface area contributed by atoms with Gasteiger partial charge in [0, 0.05) is 17.2 Å². The van der Waals surface area contributed by atoms with Crippen LogP contribution >= 0.6 is 0 Å². The fourth-order valence-electron chi connectivity index (χ4n) is 1.30. The standard InChI is InChI=1S/C9H12N2O2/c1-6-4-3-5-8(7(2)10)9(6)11(12)13/h3-5,7H,10H2,1-2H3. The molecule has 1 atom stereocenters. The van der Waals surface area contributed by atoms with Crippen molar-refractivity contribution < 1.29 is 4.92 Å². The lowest BCUT2D eigenvalue weighted by Crippen LogP contribution is -2.08. The van der Waals surface area contributed by atoms with Crippen LogP contribution in [0.5, 0.6) is 0 Å². The van der Waals surface area contributed by atoms with Gasteiger partial charge in [-0.05, 0) is 13.8 Å². The van der Waals surface area contributed by atoms with Crippen LogP contribution in [0.2, 0.25) is 0 Å². The van der Waals surface area contributed by atoms with E-state index in [0.29, 0.717) is 11.1 Å². The van der Waals surface area contributed by atoms with Gasteiger partial charge in [-0.2, -0.15) is 0 Å². The predicted octanol–water partition coefficient (Wildman–Crippen LogP) is 1.92. The highest BCUT2D eigenvalue weighted by atomic mass is 16.6. The van der Waals surface area contributed by atoms with Crippen LogP contribution in [0.25, 0.3) is 0 Å². The maximum absolute atomic E-state index is 10.7. The number of nitro benzene ring substituents is 1. The molecule has 0 saturated heterocycles. The molecular weight excluding hydrogens is 168 g/mol. The van der Waals surface area contributed by atoms with Gasteiger partial charge < -0.3 is 5.73 Å². The summed E-state index contributed by atoms with van der Waals surface area (Å²) >= 11 is 0. The summed E-state index contributed by atoms with van der Waals surface area (Å²) in [5.41, 5.74) is 6.99. The fraction of sp³-hybridized carbons (Fsp3) is 0.333. The minimum absolute atomic E-state index is 0.137. The highest BCUT2D eigenvalue weighted by Crippen LogP contribution is 2.26. The molecule has 13 heavy (non-hydrogen) atoms. The Morgan fingerprint density at radius 3 is 2.54 bits per heavy atom. The molecule has 1 rings (SSSR count). The van der Waals surface area contributed by atoms with E-state index in [0.717, 1.165) is 0 Å². The Balaban J connectivity index is 3.34. The van der Waals surface area contributed by atoms with Crippen LogP contribution < -0.4 is 5.73 Å².